The summed E-state index contributed by atoms with van der Waals surface area (Å²) in [4.78, 5) is 0. The third kappa shape index (κ3) is 4.88. The number of benzene rings is 1. The van der Waals surface area contributed by atoms with E-state index in [1.807, 2.05) is 0 Å². The lowest BCUT2D eigenvalue weighted by Crippen LogP contribution is -2.23. The summed E-state index contributed by atoms with van der Waals surface area (Å²) in [6.07, 6.45) is 0.646. The van der Waals surface area contributed by atoms with Crippen LogP contribution in [0, 0.1) is 11.7 Å². The fourth-order valence-electron chi connectivity index (χ4n) is 3.15. The second-order valence-electron chi connectivity index (χ2n) is 6.65. The lowest BCUT2D eigenvalue weighted by atomic mass is 10.0. The third-order valence-electron chi connectivity index (χ3n) is 4.75. The highest BCUT2D eigenvalue weighted by atomic mass is 19.3. The molecular formula is C19H23F3N4O. The van der Waals surface area contributed by atoms with E-state index in [-0.39, 0.29) is 5.56 Å². The minimum Gasteiger partial charge on any atom is -0.381 e. The van der Waals surface area contributed by atoms with Gasteiger partial charge in [-0.05, 0) is 31.7 Å². The number of alkyl halides is 2. The van der Waals surface area contributed by atoms with Gasteiger partial charge in [0.25, 0.3) is 6.43 Å². The van der Waals surface area contributed by atoms with Crippen LogP contribution in [0.2, 0.25) is 0 Å². The number of ether oxygens (including phenoxy) is 1. The molecule has 8 heteroatoms. The van der Waals surface area contributed by atoms with Gasteiger partial charge in [0.2, 0.25) is 0 Å². The maximum absolute atomic E-state index is 14.4. The molecule has 0 saturated carbocycles. The first-order valence-corrected chi connectivity index (χ1v) is 9.02. The Morgan fingerprint density at radius 3 is 2.67 bits per heavy atom. The monoisotopic (exact) mass is 380 g/mol. The molecule has 2 heterocycles. The molecule has 1 aromatic carbocycles. The molecule has 1 aromatic heterocycles. The summed E-state index contributed by atoms with van der Waals surface area (Å²) in [5.74, 6) is 0.165. The summed E-state index contributed by atoms with van der Waals surface area (Å²) in [5.41, 5.74) is 0.235. The Morgan fingerprint density at radius 1 is 1.19 bits per heavy atom. The van der Waals surface area contributed by atoms with Crippen LogP contribution in [0.3, 0.4) is 0 Å². The smallest absolute Gasteiger partial charge is 0.266 e. The highest BCUT2D eigenvalue weighted by Gasteiger charge is 2.20. The molecule has 1 aliphatic rings. The minimum absolute atomic E-state index is 0.181. The van der Waals surface area contributed by atoms with E-state index in [4.69, 9.17) is 4.74 Å². The van der Waals surface area contributed by atoms with E-state index in [1.54, 1.807) is 13.0 Å². The maximum atomic E-state index is 14.4. The zero-order chi connectivity index (χ0) is 19.2. The first kappa shape index (κ1) is 19.4. The van der Waals surface area contributed by atoms with E-state index in [2.05, 4.69) is 20.8 Å². The molecule has 1 saturated heterocycles. The Morgan fingerprint density at radius 2 is 1.93 bits per heavy atom. The molecule has 5 nitrogen and oxygen atoms in total. The number of hydrogen-bond acceptors (Lipinski definition) is 5. The zero-order valence-corrected chi connectivity index (χ0v) is 15.1. The SMILES string of the molecule is C[C@@H](Nc1ccnnc1NCC1CCOCC1)c1cccc(C(F)F)c1F. The van der Waals surface area contributed by atoms with E-state index < -0.39 is 23.8 Å². The molecule has 2 aromatic rings. The van der Waals surface area contributed by atoms with Gasteiger partial charge >= 0.3 is 0 Å². The van der Waals surface area contributed by atoms with Crippen LogP contribution in [-0.2, 0) is 4.74 Å². The van der Waals surface area contributed by atoms with Gasteiger partial charge in [0, 0.05) is 25.3 Å². The summed E-state index contributed by atoms with van der Waals surface area (Å²) >= 11 is 0. The highest BCUT2D eigenvalue weighted by Crippen LogP contribution is 2.30. The number of nitrogens with zero attached hydrogens (tertiary/aromatic N) is 2. The molecule has 0 aliphatic carbocycles. The van der Waals surface area contributed by atoms with Gasteiger partial charge in [0.15, 0.2) is 5.82 Å². The third-order valence-corrected chi connectivity index (χ3v) is 4.75. The Bertz CT molecular complexity index is 753. The van der Waals surface area contributed by atoms with E-state index in [0.717, 1.165) is 38.7 Å². The predicted molar refractivity (Wildman–Crippen MR) is 97.5 cm³/mol. The number of rotatable bonds is 7. The number of anilines is 2. The van der Waals surface area contributed by atoms with Crippen molar-refractivity contribution < 1.29 is 17.9 Å². The van der Waals surface area contributed by atoms with Gasteiger partial charge in [0.05, 0.1) is 23.5 Å². The normalized spacial score (nSPS) is 16.3. The van der Waals surface area contributed by atoms with Gasteiger partial charge < -0.3 is 15.4 Å². The molecule has 0 radical (unpaired) electrons. The van der Waals surface area contributed by atoms with E-state index in [1.165, 1.54) is 18.3 Å². The summed E-state index contributed by atoms with van der Waals surface area (Å²) in [7, 11) is 0. The van der Waals surface area contributed by atoms with Crippen LogP contribution in [-0.4, -0.2) is 30.0 Å². The molecule has 3 rings (SSSR count). The van der Waals surface area contributed by atoms with Gasteiger partial charge in [-0.15, -0.1) is 5.10 Å². The van der Waals surface area contributed by atoms with Crippen LogP contribution in [0.5, 0.6) is 0 Å². The van der Waals surface area contributed by atoms with Crippen LogP contribution < -0.4 is 10.6 Å². The average Bonchev–Trinajstić information content (AvgIpc) is 2.68. The number of nitrogens with one attached hydrogen (secondary N) is 2. The summed E-state index contributed by atoms with van der Waals surface area (Å²) in [6.45, 7) is 3.97. The molecular weight excluding hydrogens is 357 g/mol. The summed E-state index contributed by atoms with van der Waals surface area (Å²) in [6, 6.07) is 5.25. The molecule has 0 amide bonds. The molecule has 1 aliphatic heterocycles. The molecule has 27 heavy (non-hydrogen) atoms. The molecule has 0 spiro atoms. The predicted octanol–water partition coefficient (Wildman–Crippen LogP) is 4.56. The van der Waals surface area contributed by atoms with Crippen molar-refractivity contribution in [2.24, 2.45) is 5.92 Å². The van der Waals surface area contributed by atoms with Crippen LogP contribution >= 0.6 is 0 Å². The van der Waals surface area contributed by atoms with Gasteiger partial charge in [0.1, 0.15) is 5.82 Å². The van der Waals surface area contributed by atoms with Crippen molar-refractivity contribution in [3.63, 3.8) is 0 Å². The molecule has 0 bridgehead atoms. The number of halogens is 3. The Hall–Kier alpha value is -2.35. The fourth-order valence-corrected chi connectivity index (χ4v) is 3.15. The number of aromatic nitrogens is 2. The molecule has 2 N–H and O–H groups in total. The first-order chi connectivity index (χ1) is 13.1. The van der Waals surface area contributed by atoms with Gasteiger partial charge in [-0.1, -0.05) is 18.2 Å². The Balaban J connectivity index is 1.71. The minimum atomic E-state index is -2.85. The number of hydrogen-bond donors (Lipinski definition) is 2. The van der Waals surface area contributed by atoms with Gasteiger partial charge in [-0.2, -0.15) is 5.10 Å². The van der Waals surface area contributed by atoms with Crippen LogP contribution in [0.25, 0.3) is 0 Å². The zero-order valence-electron chi connectivity index (χ0n) is 15.1. The maximum Gasteiger partial charge on any atom is 0.266 e. The van der Waals surface area contributed by atoms with E-state index in [0.29, 0.717) is 17.4 Å². The van der Waals surface area contributed by atoms with Crippen molar-refractivity contribution >= 4 is 11.5 Å². The largest absolute Gasteiger partial charge is 0.381 e. The van der Waals surface area contributed by atoms with Crippen LogP contribution in [0.1, 0.15) is 43.4 Å². The average molecular weight is 380 g/mol. The molecule has 1 fully saturated rings. The van der Waals surface area contributed by atoms with Crippen molar-refractivity contribution in [2.45, 2.75) is 32.2 Å². The molecule has 0 unspecified atom stereocenters. The van der Waals surface area contributed by atoms with Crippen molar-refractivity contribution in [1.82, 2.24) is 10.2 Å². The summed E-state index contributed by atoms with van der Waals surface area (Å²) < 4.78 is 45.6. The molecule has 146 valence electrons. The molecule has 1 atom stereocenters. The lowest BCUT2D eigenvalue weighted by molar-refractivity contribution is 0.0699. The fraction of sp³-hybridized carbons (Fsp3) is 0.474. The van der Waals surface area contributed by atoms with E-state index >= 15 is 0 Å². The lowest BCUT2D eigenvalue weighted by Gasteiger charge is -2.23. The standard InChI is InChI=1S/C19H23F3N4O/c1-12(14-3-2-4-15(17(14)20)18(21)22)25-16-5-8-24-26-19(16)23-11-13-6-9-27-10-7-13/h2-5,8,12-13,18H,6-7,9-11H2,1H3,(H,23,26)(H,24,25)/t12-/m1/s1. The Labute approximate surface area is 156 Å². The quantitative estimate of drug-likeness (QED) is 0.737. The van der Waals surface area contributed by atoms with Gasteiger partial charge in [-0.3, -0.25) is 0 Å². The summed E-state index contributed by atoms with van der Waals surface area (Å²) in [5, 5.41) is 14.4. The van der Waals surface area contributed by atoms with Crippen molar-refractivity contribution in [3.05, 3.63) is 47.4 Å². The van der Waals surface area contributed by atoms with Crippen molar-refractivity contribution in [1.29, 1.82) is 0 Å². The van der Waals surface area contributed by atoms with E-state index in [9.17, 15) is 13.2 Å². The van der Waals surface area contributed by atoms with Crippen LogP contribution in [0.15, 0.2) is 30.5 Å². The highest BCUT2D eigenvalue weighted by molar-refractivity contribution is 5.64. The second-order valence-corrected chi connectivity index (χ2v) is 6.65. The Kier molecular flexibility index (Phi) is 6.49. The van der Waals surface area contributed by atoms with Crippen molar-refractivity contribution in [3.8, 4) is 0 Å². The van der Waals surface area contributed by atoms with Crippen molar-refractivity contribution in [2.75, 3.05) is 30.4 Å². The second kappa shape index (κ2) is 9.03. The first-order valence-electron chi connectivity index (χ1n) is 9.02. The van der Waals surface area contributed by atoms with Crippen LogP contribution in [0.4, 0.5) is 24.7 Å². The topological polar surface area (TPSA) is 59.1 Å². The van der Waals surface area contributed by atoms with Gasteiger partial charge in [-0.25, -0.2) is 13.2 Å².